The number of ether oxygens (including phenoxy) is 2. The number of carbonyl (C=O) groups is 1. The molecule has 0 saturated heterocycles. The van der Waals surface area contributed by atoms with E-state index >= 15 is 0 Å². The van der Waals surface area contributed by atoms with E-state index in [0.29, 0.717) is 29.1 Å². The molecule has 6 nitrogen and oxygen atoms in total. The molecule has 30 heavy (non-hydrogen) atoms. The molecule has 0 fully saturated rings. The summed E-state index contributed by atoms with van der Waals surface area (Å²) < 4.78 is 16.0. The fourth-order valence-corrected chi connectivity index (χ4v) is 3.15. The lowest BCUT2D eigenvalue weighted by Crippen LogP contribution is -2.09. The number of hydrogen-bond donors (Lipinski definition) is 0. The molecular formula is C24H20N2O4. The van der Waals surface area contributed by atoms with Crippen LogP contribution in [0.4, 0.5) is 0 Å². The number of para-hydroxylation sites is 1. The van der Waals surface area contributed by atoms with Crippen molar-refractivity contribution in [1.29, 1.82) is 0 Å². The average molecular weight is 400 g/mol. The lowest BCUT2D eigenvalue weighted by atomic mass is 10.00. The van der Waals surface area contributed by atoms with Crippen molar-refractivity contribution in [2.24, 2.45) is 0 Å². The standard InChI is InChI=1S/C24H20N2O4/c1-28-21-14-8-7-13-20(21)23-25-22(30-26-23)16-29-24(27)19-12-6-5-11-18(19)15-17-9-3-2-4-10-17/h2-14H,15-16H2,1H3. The van der Waals surface area contributed by atoms with E-state index in [2.05, 4.69) is 10.1 Å². The largest absolute Gasteiger partial charge is 0.496 e. The van der Waals surface area contributed by atoms with Crippen LogP contribution in [0.3, 0.4) is 0 Å². The van der Waals surface area contributed by atoms with E-state index in [0.717, 1.165) is 11.1 Å². The SMILES string of the molecule is COc1ccccc1-c1noc(COC(=O)c2ccccc2Cc2ccccc2)n1. The van der Waals surface area contributed by atoms with Crippen molar-refractivity contribution >= 4 is 5.97 Å². The normalized spacial score (nSPS) is 10.6. The summed E-state index contributed by atoms with van der Waals surface area (Å²) in [7, 11) is 1.58. The van der Waals surface area contributed by atoms with Gasteiger partial charge in [0.1, 0.15) is 5.75 Å². The summed E-state index contributed by atoms with van der Waals surface area (Å²) in [4.78, 5) is 17.0. The van der Waals surface area contributed by atoms with Gasteiger partial charge in [-0.25, -0.2) is 4.79 Å². The van der Waals surface area contributed by atoms with Gasteiger partial charge in [0.05, 0.1) is 18.2 Å². The van der Waals surface area contributed by atoms with Gasteiger partial charge in [0.2, 0.25) is 5.82 Å². The summed E-state index contributed by atoms with van der Waals surface area (Å²) in [5.74, 6) is 0.794. The molecule has 0 atom stereocenters. The van der Waals surface area contributed by atoms with Gasteiger partial charge in [-0.15, -0.1) is 0 Å². The predicted molar refractivity (Wildman–Crippen MR) is 111 cm³/mol. The zero-order chi connectivity index (χ0) is 20.8. The number of hydrogen-bond acceptors (Lipinski definition) is 6. The van der Waals surface area contributed by atoms with Crippen molar-refractivity contribution in [3.8, 4) is 17.1 Å². The van der Waals surface area contributed by atoms with Crippen molar-refractivity contribution in [2.45, 2.75) is 13.0 Å². The Hall–Kier alpha value is -3.93. The average Bonchev–Trinajstić information content (AvgIpc) is 3.27. The number of nitrogens with zero attached hydrogens (tertiary/aromatic N) is 2. The smallest absolute Gasteiger partial charge is 0.338 e. The summed E-state index contributed by atoms with van der Waals surface area (Å²) in [6.45, 7) is -0.110. The molecule has 0 unspecified atom stereocenters. The number of carbonyl (C=O) groups excluding carboxylic acids is 1. The van der Waals surface area contributed by atoms with Crippen LogP contribution in [-0.4, -0.2) is 23.2 Å². The molecule has 1 aromatic heterocycles. The van der Waals surface area contributed by atoms with Gasteiger partial charge in [-0.05, 0) is 35.7 Å². The Morgan fingerprint density at radius 1 is 0.933 bits per heavy atom. The Balaban J connectivity index is 1.45. The molecule has 4 rings (SSSR count). The van der Waals surface area contributed by atoms with Crippen molar-refractivity contribution in [1.82, 2.24) is 10.1 Å². The van der Waals surface area contributed by atoms with Crippen molar-refractivity contribution < 1.29 is 18.8 Å². The van der Waals surface area contributed by atoms with Gasteiger partial charge in [0, 0.05) is 0 Å². The maximum absolute atomic E-state index is 12.7. The van der Waals surface area contributed by atoms with Gasteiger partial charge in [-0.3, -0.25) is 0 Å². The van der Waals surface area contributed by atoms with E-state index in [-0.39, 0.29) is 12.5 Å². The molecule has 0 N–H and O–H groups in total. The van der Waals surface area contributed by atoms with E-state index in [9.17, 15) is 4.79 Å². The highest BCUT2D eigenvalue weighted by Crippen LogP contribution is 2.27. The molecule has 0 aliphatic heterocycles. The molecule has 0 amide bonds. The monoisotopic (exact) mass is 400 g/mol. The van der Waals surface area contributed by atoms with E-state index in [1.54, 1.807) is 13.2 Å². The van der Waals surface area contributed by atoms with Crippen LogP contribution < -0.4 is 4.74 Å². The molecule has 4 aromatic rings. The highest BCUT2D eigenvalue weighted by Gasteiger charge is 2.16. The minimum absolute atomic E-state index is 0.110. The Morgan fingerprint density at radius 3 is 2.50 bits per heavy atom. The Kier molecular flexibility index (Phi) is 5.85. The highest BCUT2D eigenvalue weighted by atomic mass is 16.6. The van der Waals surface area contributed by atoms with Crippen LogP contribution in [0, 0.1) is 0 Å². The molecule has 0 saturated carbocycles. The molecule has 0 aliphatic rings. The third kappa shape index (κ3) is 4.38. The van der Waals surface area contributed by atoms with Crippen LogP contribution in [0.1, 0.15) is 27.4 Å². The summed E-state index contributed by atoms with van der Waals surface area (Å²) >= 11 is 0. The van der Waals surface area contributed by atoms with E-state index in [4.69, 9.17) is 14.0 Å². The second kappa shape index (κ2) is 9.05. The number of aromatic nitrogens is 2. The van der Waals surface area contributed by atoms with Gasteiger partial charge < -0.3 is 14.0 Å². The zero-order valence-electron chi connectivity index (χ0n) is 16.4. The zero-order valence-corrected chi connectivity index (χ0v) is 16.4. The number of methoxy groups -OCH3 is 1. The van der Waals surface area contributed by atoms with E-state index in [1.807, 2.05) is 72.8 Å². The molecule has 150 valence electrons. The predicted octanol–water partition coefficient (Wildman–Crippen LogP) is 4.69. The topological polar surface area (TPSA) is 74.5 Å². The number of benzene rings is 3. The Bertz CT molecular complexity index is 1140. The van der Waals surface area contributed by atoms with Crippen LogP contribution >= 0.6 is 0 Å². The third-order valence-corrected chi connectivity index (χ3v) is 4.62. The van der Waals surface area contributed by atoms with Gasteiger partial charge in [-0.2, -0.15) is 4.98 Å². The number of rotatable bonds is 7. The summed E-state index contributed by atoms with van der Waals surface area (Å²) in [6, 6.07) is 24.8. The van der Waals surface area contributed by atoms with Crippen molar-refractivity contribution in [3.05, 3.63) is 101 Å². The van der Waals surface area contributed by atoms with E-state index < -0.39 is 5.97 Å². The van der Waals surface area contributed by atoms with Crippen LogP contribution in [-0.2, 0) is 17.8 Å². The van der Waals surface area contributed by atoms with Gasteiger partial charge in [-0.1, -0.05) is 65.8 Å². The first-order valence-electron chi connectivity index (χ1n) is 9.49. The van der Waals surface area contributed by atoms with Crippen LogP contribution in [0.25, 0.3) is 11.4 Å². The third-order valence-electron chi connectivity index (χ3n) is 4.62. The first-order valence-corrected chi connectivity index (χ1v) is 9.49. The second-order valence-electron chi connectivity index (χ2n) is 6.61. The minimum atomic E-state index is -0.432. The van der Waals surface area contributed by atoms with Crippen molar-refractivity contribution in [2.75, 3.05) is 7.11 Å². The minimum Gasteiger partial charge on any atom is -0.496 e. The van der Waals surface area contributed by atoms with E-state index in [1.165, 1.54) is 0 Å². The van der Waals surface area contributed by atoms with Gasteiger partial charge in [0.25, 0.3) is 5.89 Å². The molecule has 0 bridgehead atoms. The van der Waals surface area contributed by atoms with Crippen molar-refractivity contribution in [3.63, 3.8) is 0 Å². The number of esters is 1. The Labute approximate surface area is 174 Å². The van der Waals surface area contributed by atoms with Crippen LogP contribution in [0.5, 0.6) is 5.75 Å². The summed E-state index contributed by atoms with van der Waals surface area (Å²) in [5.41, 5.74) is 3.24. The van der Waals surface area contributed by atoms with Crippen LogP contribution in [0.2, 0.25) is 0 Å². The molecule has 0 radical (unpaired) electrons. The molecule has 6 heteroatoms. The first kappa shape index (κ1) is 19.4. The molecule has 3 aromatic carbocycles. The lowest BCUT2D eigenvalue weighted by Gasteiger charge is -2.09. The fourth-order valence-electron chi connectivity index (χ4n) is 3.15. The maximum Gasteiger partial charge on any atom is 0.338 e. The van der Waals surface area contributed by atoms with Gasteiger partial charge in [0.15, 0.2) is 6.61 Å². The molecule has 0 spiro atoms. The second-order valence-corrected chi connectivity index (χ2v) is 6.61. The quantitative estimate of drug-likeness (QED) is 0.419. The van der Waals surface area contributed by atoms with Crippen LogP contribution in [0.15, 0.2) is 83.4 Å². The Morgan fingerprint density at radius 2 is 1.67 bits per heavy atom. The lowest BCUT2D eigenvalue weighted by molar-refractivity contribution is 0.0428. The van der Waals surface area contributed by atoms with Gasteiger partial charge >= 0.3 is 5.97 Å². The molecule has 0 aliphatic carbocycles. The fraction of sp³-hybridized carbons (Fsp3) is 0.125. The summed E-state index contributed by atoms with van der Waals surface area (Å²) in [6.07, 6.45) is 0.643. The maximum atomic E-state index is 12.7. The molecule has 1 heterocycles. The first-order chi connectivity index (χ1) is 14.7. The molecular weight excluding hydrogens is 380 g/mol. The highest BCUT2D eigenvalue weighted by molar-refractivity contribution is 5.91. The summed E-state index contributed by atoms with van der Waals surface area (Å²) in [5, 5.41) is 3.96.